The van der Waals surface area contributed by atoms with Crippen molar-refractivity contribution in [2.75, 3.05) is 0 Å². The van der Waals surface area contributed by atoms with Gasteiger partial charge in [0.25, 0.3) is 0 Å². The van der Waals surface area contributed by atoms with E-state index in [-0.39, 0.29) is 0 Å². The Morgan fingerprint density at radius 1 is 0.469 bits per heavy atom. The van der Waals surface area contributed by atoms with Gasteiger partial charge < -0.3 is 9.15 Å². The van der Waals surface area contributed by atoms with Crippen LogP contribution in [0.1, 0.15) is 11.1 Å². The van der Waals surface area contributed by atoms with Gasteiger partial charge in [0, 0.05) is 33.2 Å². The molecule has 2 aromatic heterocycles. The summed E-state index contributed by atoms with van der Waals surface area (Å²) in [5.41, 5.74) is 12.0. The highest BCUT2D eigenvalue weighted by Crippen LogP contribution is 2.46. The third kappa shape index (κ3) is 4.49. The highest BCUT2D eigenvalue weighted by Gasteiger charge is 2.21. The van der Waals surface area contributed by atoms with E-state index >= 15 is 0 Å². The Bertz CT molecular complexity index is 2750. The van der Waals surface area contributed by atoms with Gasteiger partial charge in [-0.3, -0.25) is 4.57 Å². The second-order valence-corrected chi connectivity index (χ2v) is 12.4. The molecular weight excluding hydrogens is 601 g/mol. The minimum atomic E-state index is 0.759. The van der Waals surface area contributed by atoms with E-state index in [1.165, 1.54) is 0 Å². The van der Waals surface area contributed by atoms with Gasteiger partial charge in [0.2, 0.25) is 0 Å². The smallest absolute Gasteiger partial charge is 0.145 e. The number of fused-ring (bicyclic) bond motifs is 10. The largest absolute Gasteiger partial charge is 0.456 e. The number of imidazole rings is 1. The number of nitrogens with zero attached hydrogens (tertiary/aromatic N) is 2. The zero-order valence-corrected chi connectivity index (χ0v) is 26.4. The van der Waals surface area contributed by atoms with Gasteiger partial charge in [-0.1, -0.05) is 115 Å². The number of ether oxygens (including phenoxy) is 1. The number of para-hydroxylation sites is 5. The number of aromatic nitrogens is 2. The molecule has 0 N–H and O–H groups in total. The minimum Gasteiger partial charge on any atom is -0.456 e. The summed E-state index contributed by atoms with van der Waals surface area (Å²) in [6.07, 6.45) is 4.41. The maximum Gasteiger partial charge on any atom is 0.145 e. The standard InChI is InChI=1S/C45H28N2O2/c1-2-13-32(14-3-1)47-40-19-9-8-18-39(40)46-45(47)31-25-24-30-23-22-29-12-4-5-15-33(29)34-16-6-10-20-41(34)48-44-27-37-35-17-7-11-21-42(35)49-43(37)28-38(44)36(30)26-31/h1-28H. The molecule has 10 rings (SSSR count). The summed E-state index contributed by atoms with van der Waals surface area (Å²) in [4.78, 5) is 5.19. The fraction of sp³-hybridized carbons (Fsp3) is 0. The van der Waals surface area contributed by atoms with Gasteiger partial charge in [-0.2, -0.15) is 0 Å². The summed E-state index contributed by atoms with van der Waals surface area (Å²) in [6.45, 7) is 0. The van der Waals surface area contributed by atoms with Gasteiger partial charge >= 0.3 is 0 Å². The van der Waals surface area contributed by atoms with Gasteiger partial charge in [0.15, 0.2) is 0 Å². The molecule has 4 heteroatoms. The van der Waals surface area contributed by atoms with E-state index in [2.05, 4.69) is 138 Å². The molecule has 0 radical (unpaired) electrons. The van der Waals surface area contributed by atoms with Crippen molar-refractivity contribution in [3.8, 4) is 50.8 Å². The number of rotatable bonds is 2. The maximum absolute atomic E-state index is 7.01. The van der Waals surface area contributed by atoms with Gasteiger partial charge in [-0.25, -0.2) is 4.98 Å². The van der Waals surface area contributed by atoms with Crippen LogP contribution in [0.4, 0.5) is 0 Å². The molecule has 1 aliphatic heterocycles. The first-order chi connectivity index (χ1) is 24.3. The molecule has 0 spiro atoms. The second kappa shape index (κ2) is 11.0. The van der Waals surface area contributed by atoms with E-state index < -0.39 is 0 Å². The lowest BCUT2D eigenvalue weighted by molar-refractivity contribution is 0.487. The van der Waals surface area contributed by atoms with Crippen LogP contribution in [0.3, 0.4) is 0 Å². The highest BCUT2D eigenvalue weighted by atomic mass is 16.5. The minimum absolute atomic E-state index is 0.759. The quantitative estimate of drug-likeness (QED) is 0.191. The third-order valence-electron chi connectivity index (χ3n) is 9.46. The Morgan fingerprint density at radius 3 is 2.12 bits per heavy atom. The van der Waals surface area contributed by atoms with Crippen LogP contribution in [0.15, 0.2) is 162 Å². The summed E-state index contributed by atoms with van der Waals surface area (Å²) in [5, 5.41) is 2.07. The van der Waals surface area contributed by atoms with Crippen LogP contribution in [0.5, 0.6) is 11.5 Å². The molecule has 230 valence electrons. The summed E-state index contributed by atoms with van der Waals surface area (Å²) >= 11 is 0. The lowest BCUT2D eigenvalue weighted by Crippen LogP contribution is -1.98. The Hall–Kier alpha value is -6.65. The van der Waals surface area contributed by atoms with E-state index in [0.29, 0.717) is 0 Å². The molecule has 1 aliphatic rings. The van der Waals surface area contributed by atoms with Crippen molar-refractivity contribution < 1.29 is 9.15 Å². The number of furan rings is 1. The lowest BCUT2D eigenvalue weighted by Gasteiger charge is -2.17. The van der Waals surface area contributed by atoms with Crippen LogP contribution in [0, 0.1) is 0 Å². The first kappa shape index (κ1) is 27.5. The predicted molar refractivity (Wildman–Crippen MR) is 200 cm³/mol. The normalized spacial score (nSPS) is 12.2. The highest BCUT2D eigenvalue weighted by molar-refractivity contribution is 6.07. The third-order valence-corrected chi connectivity index (χ3v) is 9.46. The molecule has 0 bridgehead atoms. The van der Waals surface area contributed by atoms with Crippen molar-refractivity contribution in [2.24, 2.45) is 0 Å². The van der Waals surface area contributed by atoms with Gasteiger partial charge in [0.1, 0.15) is 28.5 Å². The van der Waals surface area contributed by atoms with Crippen molar-refractivity contribution in [1.29, 1.82) is 0 Å². The molecule has 0 saturated heterocycles. The molecule has 9 aromatic rings. The molecule has 0 atom stereocenters. The Kier molecular flexibility index (Phi) is 6.15. The number of benzene rings is 7. The molecule has 0 saturated carbocycles. The number of hydrogen-bond acceptors (Lipinski definition) is 3. The van der Waals surface area contributed by atoms with E-state index in [9.17, 15) is 0 Å². The average Bonchev–Trinajstić information content (AvgIpc) is 3.72. The summed E-state index contributed by atoms with van der Waals surface area (Å²) in [5.74, 6) is 2.42. The van der Waals surface area contributed by atoms with E-state index in [1.807, 2.05) is 36.4 Å². The monoisotopic (exact) mass is 628 g/mol. The van der Waals surface area contributed by atoms with Crippen molar-refractivity contribution in [1.82, 2.24) is 9.55 Å². The predicted octanol–water partition coefficient (Wildman–Crippen LogP) is 12.2. The van der Waals surface area contributed by atoms with Crippen molar-refractivity contribution >= 4 is 45.1 Å². The molecule has 0 unspecified atom stereocenters. The molecule has 0 fully saturated rings. The molecular formula is C45H28N2O2. The van der Waals surface area contributed by atoms with Gasteiger partial charge in [-0.15, -0.1) is 0 Å². The molecule has 0 amide bonds. The first-order valence-corrected chi connectivity index (χ1v) is 16.5. The lowest BCUT2D eigenvalue weighted by atomic mass is 9.94. The fourth-order valence-electron chi connectivity index (χ4n) is 7.14. The van der Waals surface area contributed by atoms with Crippen molar-refractivity contribution in [2.45, 2.75) is 0 Å². The summed E-state index contributed by atoms with van der Waals surface area (Å²) < 4.78 is 15.7. The van der Waals surface area contributed by atoms with E-state index in [1.54, 1.807) is 0 Å². The fourth-order valence-corrected chi connectivity index (χ4v) is 7.14. The second-order valence-electron chi connectivity index (χ2n) is 12.4. The van der Waals surface area contributed by atoms with Crippen LogP contribution in [0.2, 0.25) is 0 Å². The van der Waals surface area contributed by atoms with Crippen LogP contribution in [-0.2, 0) is 0 Å². The molecule has 4 nitrogen and oxygen atoms in total. The first-order valence-electron chi connectivity index (χ1n) is 16.5. The van der Waals surface area contributed by atoms with Gasteiger partial charge in [0.05, 0.1) is 11.0 Å². The zero-order valence-electron chi connectivity index (χ0n) is 26.4. The van der Waals surface area contributed by atoms with Crippen molar-refractivity contribution in [3.63, 3.8) is 0 Å². The van der Waals surface area contributed by atoms with E-state index in [4.69, 9.17) is 14.1 Å². The van der Waals surface area contributed by atoms with Crippen molar-refractivity contribution in [3.05, 3.63) is 169 Å². The summed E-state index contributed by atoms with van der Waals surface area (Å²) in [6, 6.07) is 54.5. The Balaban J connectivity index is 1.28. The SMILES string of the molecule is C1=Cc2ccc(-c3nc4ccccc4n3-c3ccccc3)cc2-c2cc3oc4ccccc4c3cc2Oc2ccccc2-c2ccccc21. The van der Waals surface area contributed by atoms with Crippen LogP contribution in [0.25, 0.3) is 84.5 Å². The molecule has 0 aliphatic carbocycles. The Labute approximate surface area is 282 Å². The zero-order chi connectivity index (χ0) is 32.3. The van der Waals surface area contributed by atoms with Gasteiger partial charge in [-0.05, 0) is 76.9 Å². The molecule has 7 aromatic carbocycles. The topological polar surface area (TPSA) is 40.2 Å². The average molecular weight is 629 g/mol. The van der Waals surface area contributed by atoms with Crippen LogP contribution in [-0.4, -0.2) is 9.55 Å². The van der Waals surface area contributed by atoms with E-state index in [0.717, 1.165) is 94.9 Å². The van der Waals surface area contributed by atoms with Crippen LogP contribution >= 0.6 is 0 Å². The summed E-state index contributed by atoms with van der Waals surface area (Å²) in [7, 11) is 0. The molecule has 49 heavy (non-hydrogen) atoms. The van der Waals surface area contributed by atoms with Crippen LogP contribution < -0.4 is 4.74 Å². The molecule has 3 heterocycles. The maximum atomic E-state index is 7.01. The Morgan fingerprint density at radius 2 is 1.20 bits per heavy atom. The number of hydrogen-bond donors (Lipinski definition) is 0.